The Morgan fingerprint density at radius 3 is 2.86 bits per heavy atom. The second-order valence-corrected chi connectivity index (χ2v) is 5.18. The van der Waals surface area contributed by atoms with Crippen LogP contribution in [0.4, 0.5) is 5.69 Å². The first kappa shape index (κ1) is 15.1. The molecule has 1 heterocycles. The first-order chi connectivity index (χ1) is 10.2. The Hall–Kier alpha value is -2.29. The lowest BCUT2D eigenvalue weighted by Crippen LogP contribution is -2.12. The van der Waals surface area contributed by atoms with Gasteiger partial charge in [0.25, 0.3) is 5.91 Å². The largest absolute Gasteiger partial charge is 0.495 e. The number of ether oxygens (including phenoxy) is 1. The van der Waals surface area contributed by atoms with E-state index in [0.717, 1.165) is 5.56 Å². The molecule has 0 atom stereocenters. The molecule has 0 radical (unpaired) electrons. The topological polar surface area (TPSA) is 58.6 Å². The lowest BCUT2D eigenvalue weighted by Gasteiger charge is -2.10. The van der Waals surface area contributed by atoms with Crippen molar-refractivity contribution < 1.29 is 14.6 Å². The molecule has 0 unspecified atom stereocenters. The minimum Gasteiger partial charge on any atom is -0.495 e. The lowest BCUT2D eigenvalue weighted by atomic mass is 10.2. The van der Waals surface area contributed by atoms with Crippen molar-refractivity contribution in [3.63, 3.8) is 0 Å². The van der Waals surface area contributed by atoms with Gasteiger partial charge in [-0.3, -0.25) is 4.79 Å². The fraction of sp³-hybridized carbons (Fsp3) is 0.188. The normalized spacial score (nSPS) is 9.67. The van der Waals surface area contributed by atoms with Crippen molar-refractivity contribution in [2.75, 3.05) is 19.0 Å². The number of methoxy groups -OCH3 is 1. The standard InChI is InChI=1S/C16H15NO3S/c1-11-7-9-21-15(11)16(19)17-13-10-12(4-3-8-18)5-6-14(13)20-2/h5-7,9-10,18H,8H2,1-2H3,(H,17,19). The third-order valence-electron chi connectivity index (χ3n) is 2.83. The highest BCUT2D eigenvalue weighted by Crippen LogP contribution is 2.27. The highest BCUT2D eigenvalue weighted by atomic mass is 32.1. The molecule has 4 nitrogen and oxygen atoms in total. The first-order valence-corrected chi connectivity index (χ1v) is 7.17. The number of aryl methyl sites for hydroxylation is 1. The van der Waals surface area contributed by atoms with Crippen LogP contribution in [0.1, 0.15) is 20.8 Å². The molecule has 2 rings (SSSR count). The fourth-order valence-electron chi connectivity index (χ4n) is 1.81. The number of anilines is 1. The zero-order chi connectivity index (χ0) is 15.2. The summed E-state index contributed by atoms with van der Waals surface area (Å²) in [6, 6.07) is 7.13. The zero-order valence-corrected chi connectivity index (χ0v) is 12.6. The van der Waals surface area contributed by atoms with Gasteiger partial charge in [-0.25, -0.2) is 0 Å². The number of benzene rings is 1. The van der Waals surface area contributed by atoms with Gasteiger partial charge in [-0.2, -0.15) is 0 Å². The highest BCUT2D eigenvalue weighted by Gasteiger charge is 2.13. The molecule has 0 aliphatic rings. The van der Waals surface area contributed by atoms with E-state index in [2.05, 4.69) is 17.2 Å². The van der Waals surface area contributed by atoms with Crippen LogP contribution in [-0.2, 0) is 0 Å². The number of hydrogen-bond donors (Lipinski definition) is 2. The maximum Gasteiger partial charge on any atom is 0.266 e. The van der Waals surface area contributed by atoms with Gasteiger partial charge < -0.3 is 15.2 Å². The van der Waals surface area contributed by atoms with E-state index >= 15 is 0 Å². The maximum atomic E-state index is 12.3. The molecule has 0 spiro atoms. The van der Waals surface area contributed by atoms with Crippen LogP contribution in [0.2, 0.25) is 0 Å². The van der Waals surface area contributed by atoms with E-state index in [4.69, 9.17) is 9.84 Å². The monoisotopic (exact) mass is 301 g/mol. The molecule has 0 fully saturated rings. The predicted octanol–water partition coefficient (Wildman–Crippen LogP) is 2.66. The van der Waals surface area contributed by atoms with E-state index in [1.807, 2.05) is 18.4 Å². The molecule has 1 aromatic carbocycles. The number of carbonyl (C=O) groups excluding carboxylic acids is 1. The average Bonchev–Trinajstić information content (AvgIpc) is 2.91. The summed E-state index contributed by atoms with van der Waals surface area (Å²) in [5, 5.41) is 13.4. The minimum absolute atomic E-state index is 0.173. The van der Waals surface area contributed by atoms with E-state index in [0.29, 0.717) is 21.9 Å². The molecule has 108 valence electrons. The molecule has 1 aromatic heterocycles. The number of thiophene rings is 1. The van der Waals surface area contributed by atoms with Crippen LogP contribution in [0, 0.1) is 18.8 Å². The van der Waals surface area contributed by atoms with Gasteiger partial charge in [0.1, 0.15) is 12.4 Å². The summed E-state index contributed by atoms with van der Waals surface area (Å²) in [6.07, 6.45) is 0. The second-order valence-electron chi connectivity index (χ2n) is 4.26. The van der Waals surface area contributed by atoms with Crippen molar-refractivity contribution in [2.45, 2.75) is 6.92 Å². The third kappa shape index (κ3) is 3.63. The van der Waals surface area contributed by atoms with Gasteiger partial charge in [0.2, 0.25) is 0 Å². The second kappa shape index (κ2) is 6.93. The SMILES string of the molecule is COc1ccc(C#CCO)cc1NC(=O)c1sccc1C. The van der Waals surface area contributed by atoms with Crippen molar-refractivity contribution in [3.8, 4) is 17.6 Å². The summed E-state index contributed by atoms with van der Waals surface area (Å²) in [4.78, 5) is 12.9. The Bertz CT molecular complexity index is 710. The number of nitrogens with one attached hydrogen (secondary N) is 1. The first-order valence-electron chi connectivity index (χ1n) is 6.29. The number of carbonyl (C=O) groups is 1. The van der Waals surface area contributed by atoms with E-state index in [1.54, 1.807) is 25.3 Å². The molecule has 0 saturated carbocycles. The summed E-state index contributed by atoms with van der Waals surface area (Å²) in [5.41, 5.74) is 2.19. The van der Waals surface area contributed by atoms with Gasteiger partial charge in [0, 0.05) is 5.56 Å². The number of aliphatic hydroxyl groups excluding tert-OH is 1. The molecule has 1 amide bonds. The average molecular weight is 301 g/mol. The van der Waals surface area contributed by atoms with E-state index in [-0.39, 0.29) is 12.5 Å². The molecule has 2 N–H and O–H groups in total. The quantitative estimate of drug-likeness (QED) is 0.857. The summed E-state index contributed by atoms with van der Waals surface area (Å²) in [7, 11) is 1.54. The summed E-state index contributed by atoms with van der Waals surface area (Å²) >= 11 is 1.39. The zero-order valence-electron chi connectivity index (χ0n) is 11.8. The minimum atomic E-state index is -0.206. The highest BCUT2D eigenvalue weighted by molar-refractivity contribution is 7.12. The Labute approximate surface area is 127 Å². The predicted molar refractivity (Wildman–Crippen MR) is 84.0 cm³/mol. The molecule has 5 heteroatoms. The number of rotatable bonds is 3. The van der Waals surface area contributed by atoms with Crippen molar-refractivity contribution in [1.82, 2.24) is 0 Å². The van der Waals surface area contributed by atoms with E-state index in [9.17, 15) is 4.79 Å². The molecule has 21 heavy (non-hydrogen) atoms. The van der Waals surface area contributed by atoms with E-state index in [1.165, 1.54) is 11.3 Å². The van der Waals surface area contributed by atoms with Crippen LogP contribution < -0.4 is 10.1 Å². The Kier molecular flexibility index (Phi) is 4.99. The molecular weight excluding hydrogens is 286 g/mol. The summed E-state index contributed by atoms with van der Waals surface area (Å²) in [5.74, 6) is 5.76. The molecule has 0 aliphatic carbocycles. The van der Waals surface area contributed by atoms with Crippen molar-refractivity contribution in [3.05, 3.63) is 45.6 Å². The number of amides is 1. The van der Waals surface area contributed by atoms with Crippen LogP contribution in [0.25, 0.3) is 0 Å². The molecular formula is C16H15NO3S. The lowest BCUT2D eigenvalue weighted by molar-refractivity contribution is 0.102. The summed E-state index contributed by atoms with van der Waals surface area (Å²) in [6.45, 7) is 1.69. The van der Waals surface area contributed by atoms with Crippen molar-refractivity contribution in [1.29, 1.82) is 0 Å². The van der Waals surface area contributed by atoms with Crippen LogP contribution >= 0.6 is 11.3 Å². The van der Waals surface area contributed by atoms with Crippen molar-refractivity contribution in [2.24, 2.45) is 0 Å². The smallest absolute Gasteiger partial charge is 0.266 e. The number of hydrogen-bond acceptors (Lipinski definition) is 4. The molecule has 0 bridgehead atoms. The molecule has 0 aliphatic heterocycles. The Balaban J connectivity index is 2.29. The molecule has 2 aromatic rings. The summed E-state index contributed by atoms with van der Waals surface area (Å²) < 4.78 is 5.24. The third-order valence-corrected chi connectivity index (χ3v) is 3.84. The van der Waals surface area contributed by atoms with Gasteiger partial charge in [0.05, 0.1) is 17.7 Å². The number of aliphatic hydroxyl groups is 1. The van der Waals surface area contributed by atoms with Gasteiger partial charge >= 0.3 is 0 Å². The maximum absolute atomic E-state index is 12.3. The van der Waals surface area contributed by atoms with Crippen LogP contribution in [-0.4, -0.2) is 24.7 Å². The van der Waals surface area contributed by atoms with Gasteiger partial charge in [-0.15, -0.1) is 11.3 Å². The van der Waals surface area contributed by atoms with Gasteiger partial charge in [0.15, 0.2) is 0 Å². The van der Waals surface area contributed by atoms with Gasteiger partial charge in [-0.1, -0.05) is 11.8 Å². The van der Waals surface area contributed by atoms with Crippen LogP contribution in [0.5, 0.6) is 5.75 Å². The Morgan fingerprint density at radius 2 is 2.24 bits per heavy atom. The van der Waals surface area contributed by atoms with Crippen LogP contribution in [0.15, 0.2) is 29.6 Å². The van der Waals surface area contributed by atoms with Crippen LogP contribution in [0.3, 0.4) is 0 Å². The fourth-order valence-corrected chi connectivity index (χ4v) is 2.63. The van der Waals surface area contributed by atoms with Gasteiger partial charge in [-0.05, 0) is 42.1 Å². The van der Waals surface area contributed by atoms with Crippen molar-refractivity contribution >= 4 is 22.9 Å². The van der Waals surface area contributed by atoms with E-state index < -0.39 is 0 Å². The Morgan fingerprint density at radius 1 is 1.43 bits per heavy atom. The molecule has 0 saturated heterocycles.